The molecule has 2 heterocycles. The molecule has 2 aromatic rings. The standard InChI is InChI=1S/C23H29NO3/c25-23(18-6-2-1-3-7-18)19-10-11-22-20(16-19)17-24(13-15-27-22)12-4-8-21-9-5-14-26-21/h4-5,8-11,14,16,18,23,25H,1-3,6-7,12-13,15,17H2/b8-4+/t23-/m1/s1. The lowest BCUT2D eigenvalue weighted by atomic mass is 9.82. The molecule has 1 atom stereocenters. The molecule has 1 N–H and O–H groups in total. The molecule has 0 unspecified atom stereocenters. The third-order valence-corrected chi connectivity index (χ3v) is 5.77. The third-order valence-electron chi connectivity index (χ3n) is 5.77. The highest BCUT2D eigenvalue weighted by Crippen LogP contribution is 2.36. The predicted molar refractivity (Wildman–Crippen MR) is 106 cm³/mol. The van der Waals surface area contributed by atoms with Crippen LogP contribution in [0.1, 0.15) is 55.1 Å². The summed E-state index contributed by atoms with van der Waals surface area (Å²) in [7, 11) is 0. The van der Waals surface area contributed by atoms with Crippen molar-refractivity contribution in [3.05, 3.63) is 59.6 Å². The van der Waals surface area contributed by atoms with Crippen molar-refractivity contribution in [2.45, 2.75) is 44.8 Å². The maximum atomic E-state index is 10.9. The Morgan fingerprint density at radius 1 is 1.19 bits per heavy atom. The molecule has 0 bridgehead atoms. The molecular formula is C23H29NO3. The van der Waals surface area contributed by atoms with Crippen molar-refractivity contribution in [2.24, 2.45) is 5.92 Å². The highest BCUT2D eigenvalue weighted by molar-refractivity contribution is 5.42. The van der Waals surface area contributed by atoms with Gasteiger partial charge in [-0.15, -0.1) is 0 Å². The summed E-state index contributed by atoms with van der Waals surface area (Å²) in [6.45, 7) is 3.26. The van der Waals surface area contributed by atoms with Crippen molar-refractivity contribution in [2.75, 3.05) is 19.7 Å². The van der Waals surface area contributed by atoms with Gasteiger partial charge >= 0.3 is 0 Å². The molecule has 1 aromatic carbocycles. The van der Waals surface area contributed by atoms with E-state index < -0.39 is 0 Å². The quantitative estimate of drug-likeness (QED) is 0.824. The molecule has 0 amide bonds. The molecular weight excluding hydrogens is 338 g/mol. The van der Waals surface area contributed by atoms with Gasteiger partial charge < -0.3 is 14.3 Å². The first-order chi connectivity index (χ1) is 13.3. The van der Waals surface area contributed by atoms with Crippen LogP contribution in [0.4, 0.5) is 0 Å². The fraction of sp³-hybridized carbons (Fsp3) is 0.478. The SMILES string of the molecule is O[C@@H](c1ccc2c(c1)CN(C/C=C/c1ccco1)CCO2)C1CCCCC1. The van der Waals surface area contributed by atoms with Crippen LogP contribution >= 0.6 is 0 Å². The van der Waals surface area contributed by atoms with Gasteiger partial charge in [0, 0.05) is 25.2 Å². The van der Waals surface area contributed by atoms with E-state index in [1.54, 1.807) is 6.26 Å². The molecule has 2 aliphatic rings. The van der Waals surface area contributed by atoms with Crippen LogP contribution in [-0.2, 0) is 6.54 Å². The minimum atomic E-state index is -0.355. The molecule has 0 saturated heterocycles. The summed E-state index contributed by atoms with van der Waals surface area (Å²) in [5.41, 5.74) is 2.21. The summed E-state index contributed by atoms with van der Waals surface area (Å²) in [5, 5.41) is 10.9. The maximum Gasteiger partial charge on any atom is 0.126 e. The Labute approximate surface area is 161 Å². The van der Waals surface area contributed by atoms with E-state index in [1.807, 2.05) is 30.3 Å². The topological polar surface area (TPSA) is 45.8 Å². The van der Waals surface area contributed by atoms with Crippen molar-refractivity contribution < 1.29 is 14.3 Å². The van der Waals surface area contributed by atoms with Crippen molar-refractivity contribution in [3.8, 4) is 5.75 Å². The number of rotatable bonds is 5. The zero-order chi connectivity index (χ0) is 18.5. The van der Waals surface area contributed by atoms with E-state index in [0.29, 0.717) is 12.5 Å². The van der Waals surface area contributed by atoms with Gasteiger partial charge in [0.2, 0.25) is 0 Å². The maximum absolute atomic E-state index is 10.9. The van der Waals surface area contributed by atoms with Crippen molar-refractivity contribution in [3.63, 3.8) is 0 Å². The first kappa shape index (κ1) is 18.3. The lowest BCUT2D eigenvalue weighted by molar-refractivity contribution is 0.0847. The average Bonchev–Trinajstić information content (AvgIpc) is 3.14. The number of hydrogen-bond donors (Lipinski definition) is 1. The molecule has 0 radical (unpaired) electrons. The van der Waals surface area contributed by atoms with Gasteiger partial charge in [0.25, 0.3) is 0 Å². The van der Waals surface area contributed by atoms with Crippen LogP contribution in [0.5, 0.6) is 5.75 Å². The largest absolute Gasteiger partial charge is 0.492 e. The van der Waals surface area contributed by atoms with E-state index in [-0.39, 0.29) is 6.10 Å². The van der Waals surface area contributed by atoms with Crippen LogP contribution in [0.3, 0.4) is 0 Å². The van der Waals surface area contributed by atoms with Crippen LogP contribution in [0.2, 0.25) is 0 Å². The normalized spacial score (nSPS) is 20.2. The number of nitrogens with zero attached hydrogens (tertiary/aromatic N) is 1. The Hall–Kier alpha value is -2.04. The highest BCUT2D eigenvalue weighted by atomic mass is 16.5. The molecule has 4 heteroatoms. The van der Waals surface area contributed by atoms with Crippen LogP contribution in [0.25, 0.3) is 6.08 Å². The van der Waals surface area contributed by atoms with Crippen LogP contribution in [0, 0.1) is 5.92 Å². The molecule has 144 valence electrons. The molecule has 1 aliphatic carbocycles. The molecule has 1 saturated carbocycles. The van der Waals surface area contributed by atoms with Gasteiger partial charge in [0.1, 0.15) is 18.1 Å². The lowest BCUT2D eigenvalue weighted by Crippen LogP contribution is -2.25. The summed E-state index contributed by atoms with van der Waals surface area (Å²) < 4.78 is 11.3. The predicted octanol–water partition coefficient (Wildman–Crippen LogP) is 4.80. The van der Waals surface area contributed by atoms with Crippen molar-refractivity contribution >= 4 is 6.08 Å². The molecule has 1 aromatic heterocycles. The number of aliphatic hydroxyl groups is 1. The van der Waals surface area contributed by atoms with Gasteiger partial charge in [-0.1, -0.05) is 31.4 Å². The zero-order valence-electron chi connectivity index (χ0n) is 15.8. The number of benzene rings is 1. The van der Waals surface area contributed by atoms with Gasteiger partial charge in [0.05, 0.1) is 12.4 Å². The summed E-state index contributed by atoms with van der Waals surface area (Å²) >= 11 is 0. The Bertz CT molecular complexity index is 747. The minimum absolute atomic E-state index is 0.355. The van der Waals surface area contributed by atoms with Gasteiger partial charge in [-0.3, -0.25) is 4.90 Å². The minimum Gasteiger partial charge on any atom is -0.492 e. The Morgan fingerprint density at radius 3 is 2.89 bits per heavy atom. The second-order valence-corrected chi connectivity index (χ2v) is 7.71. The Balaban J connectivity index is 1.44. The molecule has 1 fully saturated rings. The van der Waals surface area contributed by atoms with Crippen LogP contribution in [-0.4, -0.2) is 29.7 Å². The second kappa shape index (κ2) is 8.77. The molecule has 4 rings (SSSR count). The van der Waals surface area contributed by atoms with Crippen LogP contribution < -0.4 is 4.74 Å². The number of aliphatic hydroxyl groups excluding tert-OH is 1. The zero-order valence-corrected chi connectivity index (χ0v) is 15.8. The number of fused-ring (bicyclic) bond motifs is 1. The van der Waals surface area contributed by atoms with Crippen molar-refractivity contribution in [1.29, 1.82) is 0 Å². The number of hydrogen-bond acceptors (Lipinski definition) is 4. The fourth-order valence-corrected chi connectivity index (χ4v) is 4.23. The van der Waals surface area contributed by atoms with E-state index >= 15 is 0 Å². The average molecular weight is 367 g/mol. The van der Waals surface area contributed by atoms with E-state index in [2.05, 4.69) is 17.0 Å². The second-order valence-electron chi connectivity index (χ2n) is 7.71. The van der Waals surface area contributed by atoms with Gasteiger partial charge in [-0.25, -0.2) is 0 Å². The molecule has 0 spiro atoms. The number of ether oxygens (including phenoxy) is 1. The van der Waals surface area contributed by atoms with Gasteiger partial charge in [0.15, 0.2) is 0 Å². The van der Waals surface area contributed by atoms with E-state index in [1.165, 1.54) is 24.8 Å². The first-order valence-corrected chi connectivity index (χ1v) is 10.2. The van der Waals surface area contributed by atoms with E-state index in [0.717, 1.165) is 49.5 Å². The Morgan fingerprint density at radius 2 is 2.07 bits per heavy atom. The summed E-state index contributed by atoms with van der Waals surface area (Å²) in [6.07, 6.45) is 11.5. The highest BCUT2D eigenvalue weighted by Gasteiger charge is 2.24. The van der Waals surface area contributed by atoms with Crippen molar-refractivity contribution in [1.82, 2.24) is 4.90 Å². The van der Waals surface area contributed by atoms with E-state index in [4.69, 9.17) is 9.15 Å². The smallest absolute Gasteiger partial charge is 0.126 e. The summed E-state index contributed by atoms with van der Waals surface area (Å²) in [4.78, 5) is 2.36. The van der Waals surface area contributed by atoms with E-state index in [9.17, 15) is 5.11 Å². The third kappa shape index (κ3) is 4.63. The fourth-order valence-electron chi connectivity index (χ4n) is 4.23. The summed E-state index contributed by atoms with van der Waals surface area (Å²) in [5.74, 6) is 2.22. The lowest BCUT2D eigenvalue weighted by Gasteiger charge is -2.27. The molecule has 1 aliphatic heterocycles. The summed E-state index contributed by atoms with van der Waals surface area (Å²) in [6, 6.07) is 10.1. The first-order valence-electron chi connectivity index (χ1n) is 10.2. The van der Waals surface area contributed by atoms with Gasteiger partial charge in [-0.2, -0.15) is 0 Å². The molecule has 4 nitrogen and oxygen atoms in total. The Kier molecular flexibility index (Phi) is 5.95. The monoisotopic (exact) mass is 367 g/mol. The van der Waals surface area contributed by atoms with Crippen LogP contribution in [0.15, 0.2) is 47.1 Å². The number of furan rings is 1. The molecule has 27 heavy (non-hydrogen) atoms. The van der Waals surface area contributed by atoms with Gasteiger partial charge in [-0.05, 0) is 54.7 Å².